The number of esters is 1. The molecule has 2 aromatic rings. The maximum Gasteiger partial charge on any atom is 0.408 e. The highest BCUT2D eigenvalue weighted by Crippen LogP contribution is 2.13. The highest BCUT2D eigenvalue weighted by atomic mass is 16.6. The van der Waals surface area contributed by atoms with Crippen LogP contribution in [0.25, 0.3) is 0 Å². The van der Waals surface area contributed by atoms with Gasteiger partial charge in [0.2, 0.25) is 5.91 Å². The Morgan fingerprint density at radius 3 is 2.29 bits per heavy atom. The number of alkyl carbamates (subject to hydrolysis) is 1. The molecule has 182 valence electrons. The Hall–Kier alpha value is -3.62. The van der Waals surface area contributed by atoms with Crippen molar-refractivity contribution >= 4 is 23.8 Å². The summed E-state index contributed by atoms with van der Waals surface area (Å²) in [4.78, 5) is 45.2. The number of aromatic nitrogens is 1. The van der Waals surface area contributed by atoms with Gasteiger partial charge < -0.3 is 19.7 Å². The molecule has 0 unspecified atom stereocenters. The second kappa shape index (κ2) is 11.5. The van der Waals surface area contributed by atoms with Gasteiger partial charge in [0.05, 0.1) is 25.7 Å². The maximum absolute atomic E-state index is 13.3. The fourth-order valence-corrected chi connectivity index (χ4v) is 3.58. The third-order valence-corrected chi connectivity index (χ3v) is 5.23. The lowest BCUT2D eigenvalue weighted by molar-refractivity contribution is -0.364. The Bertz CT molecular complexity index is 954. The van der Waals surface area contributed by atoms with E-state index in [1.165, 1.54) is 0 Å². The molecule has 1 aromatic carbocycles. The zero-order chi connectivity index (χ0) is 24.6. The Morgan fingerprint density at radius 2 is 1.68 bits per heavy atom. The predicted molar refractivity (Wildman–Crippen MR) is 126 cm³/mol. The summed E-state index contributed by atoms with van der Waals surface area (Å²) in [5.74, 6) is 0.0671. The van der Waals surface area contributed by atoms with E-state index in [9.17, 15) is 14.4 Å². The molecule has 9 nitrogen and oxygen atoms in total. The fourth-order valence-electron chi connectivity index (χ4n) is 3.58. The Morgan fingerprint density at radius 1 is 1.00 bits per heavy atom. The zero-order valence-electron chi connectivity index (χ0n) is 20.0. The van der Waals surface area contributed by atoms with Crippen molar-refractivity contribution in [2.75, 3.05) is 31.1 Å². The molecule has 0 aliphatic carbocycles. The van der Waals surface area contributed by atoms with Crippen LogP contribution in [0.4, 0.5) is 10.6 Å². The number of carbonyl (C=O) groups excluding carboxylic acids is 3. The minimum absolute atomic E-state index is 0.0965. The first-order valence-electron chi connectivity index (χ1n) is 11.4. The largest absolute Gasteiger partial charge is 0.461 e. The van der Waals surface area contributed by atoms with Crippen molar-refractivity contribution in [3.63, 3.8) is 0 Å². The van der Waals surface area contributed by atoms with E-state index in [2.05, 4.69) is 15.2 Å². The van der Waals surface area contributed by atoms with E-state index in [-0.39, 0.29) is 18.9 Å². The molecular weight excluding hydrogens is 436 g/mol. The predicted octanol–water partition coefficient (Wildman–Crippen LogP) is 2.18. The van der Waals surface area contributed by atoms with Crippen LogP contribution in [0.2, 0.25) is 0 Å². The molecule has 1 aliphatic heterocycles. The number of anilines is 1. The molecule has 1 saturated heterocycles. The molecule has 2 heterocycles. The monoisotopic (exact) mass is 469 g/mol. The van der Waals surface area contributed by atoms with Crippen molar-refractivity contribution in [3.8, 4) is 0 Å². The number of hydrogen-bond acceptors (Lipinski definition) is 6. The van der Waals surface area contributed by atoms with Crippen LogP contribution in [0.3, 0.4) is 0 Å². The molecule has 9 heteroatoms. The average molecular weight is 470 g/mol. The van der Waals surface area contributed by atoms with E-state index < -0.39 is 23.7 Å². The van der Waals surface area contributed by atoms with Crippen LogP contribution in [0.5, 0.6) is 0 Å². The van der Waals surface area contributed by atoms with Crippen LogP contribution in [-0.4, -0.2) is 60.7 Å². The standard InChI is InChI=1S/C25H32N4O5/c1-25(2,3)34-24(32)27-20(17-22(30)33-18-19-9-5-4-6-10-19)23(31)29-15-13-28(14-16-29)21-11-7-8-12-26-21/h4-12,20H,13-18H2,1-3H3,(H,27,32)/p+1/t20-/m1/s1. The normalized spacial score (nSPS) is 14.8. The number of nitrogens with one attached hydrogen (secondary N) is 2. The summed E-state index contributed by atoms with van der Waals surface area (Å²) >= 11 is 0. The van der Waals surface area contributed by atoms with Gasteiger partial charge in [-0.3, -0.25) is 14.5 Å². The molecule has 1 aliphatic rings. The molecule has 34 heavy (non-hydrogen) atoms. The summed E-state index contributed by atoms with van der Waals surface area (Å²) in [5, 5.41) is 2.57. The van der Waals surface area contributed by atoms with Gasteiger partial charge in [-0.05, 0) is 32.4 Å². The number of piperazine rings is 1. The second-order valence-corrected chi connectivity index (χ2v) is 9.11. The van der Waals surface area contributed by atoms with Crippen LogP contribution in [0, 0.1) is 0 Å². The first-order chi connectivity index (χ1) is 16.2. The lowest BCUT2D eigenvalue weighted by Crippen LogP contribution is -2.56. The Kier molecular flexibility index (Phi) is 8.45. The minimum Gasteiger partial charge on any atom is -0.461 e. The number of rotatable bonds is 7. The fraction of sp³-hybridized carbons (Fsp3) is 0.440. The van der Waals surface area contributed by atoms with Crippen LogP contribution >= 0.6 is 0 Å². The zero-order valence-corrected chi connectivity index (χ0v) is 20.0. The molecule has 1 atom stereocenters. The highest BCUT2D eigenvalue weighted by molar-refractivity contribution is 5.89. The molecule has 2 N–H and O–H groups in total. The van der Waals surface area contributed by atoms with Crippen molar-refractivity contribution in [1.29, 1.82) is 0 Å². The molecule has 3 rings (SSSR count). The van der Waals surface area contributed by atoms with Crippen molar-refractivity contribution in [2.45, 2.75) is 45.4 Å². The lowest BCUT2D eigenvalue weighted by Gasteiger charge is -2.33. The molecule has 1 aromatic heterocycles. The average Bonchev–Trinajstić information content (AvgIpc) is 2.82. The summed E-state index contributed by atoms with van der Waals surface area (Å²) in [6, 6.07) is 14.0. The van der Waals surface area contributed by atoms with Gasteiger partial charge in [-0.25, -0.2) is 9.78 Å². The van der Waals surface area contributed by atoms with Gasteiger partial charge in [0.15, 0.2) is 0 Å². The third kappa shape index (κ3) is 7.75. The van der Waals surface area contributed by atoms with E-state index in [0.717, 1.165) is 11.4 Å². The summed E-state index contributed by atoms with van der Waals surface area (Å²) in [6.07, 6.45) is 0.825. The molecule has 0 spiro atoms. The lowest BCUT2D eigenvalue weighted by atomic mass is 10.1. The third-order valence-electron chi connectivity index (χ3n) is 5.23. The second-order valence-electron chi connectivity index (χ2n) is 9.11. The summed E-state index contributed by atoms with van der Waals surface area (Å²) in [6.45, 7) is 7.49. The number of carbonyl (C=O) groups is 3. The van der Waals surface area contributed by atoms with Crippen LogP contribution < -0.4 is 15.2 Å². The van der Waals surface area contributed by atoms with E-state index in [4.69, 9.17) is 9.47 Å². The number of ether oxygens (including phenoxy) is 2. The van der Waals surface area contributed by atoms with Gasteiger partial charge >= 0.3 is 12.1 Å². The minimum atomic E-state index is -1.08. The number of nitrogens with zero attached hydrogens (tertiary/aromatic N) is 2. The van der Waals surface area contributed by atoms with Crippen LogP contribution in [-0.2, 0) is 25.7 Å². The smallest absolute Gasteiger partial charge is 0.408 e. The molecule has 1 fully saturated rings. The number of pyridine rings is 1. The van der Waals surface area contributed by atoms with E-state index >= 15 is 0 Å². The quantitative estimate of drug-likeness (QED) is 0.624. The number of benzene rings is 1. The summed E-state index contributed by atoms with van der Waals surface area (Å²) < 4.78 is 10.6. The summed E-state index contributed by atoms with van der Waals surface area (Å²) in [5.41, 5.74) is 0.108. The van der Waals surface area contributed by atoms with Crippen LogP contribution in [0.1, 0.15) is 32.8 Å². The van der Waals surface area contributed by atoms with Crippen LogP contribution in [0.15, 0.2) is 54.7 Å². The van der Waals surface area contributed by atoms with Gasteiger partial charge in [0.1, 0.15) is 31.3 Å². The van der Waals surface area contributed by atoms with Gasteiger partial charge in [-0.2, -0.15) is 0 Å². The number of amides is 2. The molecule has 2 amide bonds. The van der Waals surface area contributed by atoms with E-state index in [0.29, 0.717) is 26.2 Å². The first-order valence-corrected chi connectivity index (χ1v) is 11.4. The van der Waals surface area contributed by atoms with Crippen molar-refractivity contribution in [1.82, 2.24) is 10.2 Å². The Balaban J connectivity index is 1.61. The molecule has 0 saturated carbocycles. The topological polar surface area (TPSA) is 102 Å². The van der Waals surface area contributed by atoms with E-state index in [1.54, 1.807) is 25.7 Å². The maximum atomic E-state index is 13.3. The summed E-state index contributed by atoms with van der Waals surface area (Å²) in [7, 11) is 0. The molecule has 0 bridgehead atoms. The van der Waals surface area contributed by atoms with Gasteiger partial charge in [-0.1, -0.05) is 36.4 Å². The van der Waals surface area contributed by atoms with Crippen molar-refractivity contribution in [2.24, 2.45) is 0 Å². The van der Waals surface area contributed by atoms with Gasteiger partial charge in [0, 0.05) is 6.07 Å². The highest BCUT2D eigenvalue weighted by Gasteiger charge is 2.33. The number of hydrogen-bond donors (Lipinski definition) is 1. The van der Waals surface area contributed by atoms with Gasteiger partial charge in [-0.15, -0.1) is 0 Å². The van der Waals surface area contributed by atoms with Crippen molar-refractivity contribution in [3.05, 3.63) is 60.3 Å². The van der Waals surface area contributed by atoms with E-state index in [1.807, 2.05) is 54.7 Å². The van der Waals surface area contributed by atoms with Crippen molar-refractivity contribution < 1.29 is 28.8 Å². The Labute approximate surface area is 200 Å². The SMILES string of the molecule is CC(C)(C)OC(=O)N[C@H](CC(=O)OCc1ccccc1)C(=O)N1CCN(c2cccc[nH+]2)CC1. The first kappa shape index (κ1) is 25.0. The molecule has 0 radical (unpaired) electrons. The number of aromatic amines is 1. The molecular formula is C25H33N4O5+. The number of H-pyrrole nitrogens is 1. The van der Waals surface area contributed by atoms with Gasteiger partial charge in [0.25, 0.3) is 5.82 Å².